The van der Waals surface area contributed by atoms with Gasteiger partial charge in [-0.2, -0.15) is 0 Å². The van der Waals surface area contributed by atoms with Crippen LogP contribution in [0.2, 0.25) is 0 Å². The molecule has 0 unspecified atom stereocenters. The van der Waals surface area contributed by atoms with E-state index in [4.69, 9.17) is 9.47 Å². The molecule has 7 nitrogen and oxygen atoms in total. The number of ether oxygens (including phenoxy) is 2. The van der Waals surface area contributed by atoms with Gasteiger partial charge in [0.2, 0.25) is 0 Å². The Morgan fingerprint density at radius 1 is 1.41 bits per heavy atom. The van der Waals surface area contributed by atoms with E-state index in [1.54, 1.807) is 12.1 Å². The van der Waals surface area contributed by atoms with Gasteiger partial charge >= 0.3 is 12.0 Å². The summed E-state index contributed by atoms with van der Waals surface area (Å²) in [6.45, 7) is 2.11. The van der Waals surface area contributed by atoms with Gasteiger partial charge in [0, 0.05) is 13.1 Å². The number of nitrogens with zero attached hydrogens (tertiary/aromatic N) is 1. The van der Waals surface area contributed by atoms with Crippen molar-refractivity contribution in [2.75, 3.05) is 20.2 Å². The average molecular weight is 371 g/mol. The standard InChI is InChI=1S/C14H15BrN2O5/c1-8(12(18)17-6-5-16-14(17)20)22-13(19)9-3-4-11(21-2)10(15)7-9/h3-4,7-8H,5-6H2,1-2H3,(H,16,20)/t8-/m1/s1. The van der Waals surface area contributed by atoms with Crippen LogP contribution >= 0.6 is 15.9 Å². The van der Waals surface area contributed by atoms with Crippen molar-refractivity contribution in [3.05, 3.63) is 28.2 Å². The third-order valence-corrected chi connectivity index (χ3v) is 3.76. The molecule has 8 heteroatoms. The number of esters is 1. The van der Waals surface area contributed by atoms with Crippen molar-refractivity contribution < 1.29 is 23.9 Å². The number of methoxy groups -OCH3 is 1. The van der Waals surface area contributed by atoms with Gasteiger partial charge < -0.3 is 14.8 Å². The van der Waals surface area contributed by atoms with Crippen LogP contribution in [0.25, 0.3) is 0 Å². The number of hydrogen-bond acceptors (Lipinski definition) is 5. The summed E-state index contributed by atoms with van der Waals surface area (Å²) in [4.78, 5) is 36.6. The van der Waals surface area contributed by atoms with Crippen LogP contribution in [0, 0.1) is 0 Å². The summed E-state index contributed by atoms with van der Waals surface area (Å²) in [5, 5.41) is 2.52. The van der Waals surface area contributed by atoms with Crippen molar-refractivity contribution in [3.8, 4) is 5.75 Å². The smallest absolute Gasteiger partial charge is 0.338 e. The number of nitrogens with one attached hydrogen (secondary N) is 1. The molecular formula is C14H15BrN2O5. The predicted octanol–water partition coefficient (Wildman–Crippen LogP) is 1.55. The number of amides is 3. The fraction of sp³-hybridized carbons (Fsp3) is 0.357. The number of urea groups is 1. The van der Waals surface area contributed by atoms with Crippen molar-refractivity contribution in [2.24, 2.45) is 0 Å². The van der Waals surface area contributed by atoms with Crippen molar-refractivity contribution in [3.63, 3.8) is 0 Å². The lowest BCUT2D eigenvalue weighted by atomic mass is 10.2. The molecule has 3 amide bonds. The zero-order chi connectivity index (χ0) is 16.3. The Balaban J connectivity index is 2.03. The molecule has 1 heterocycles. The van der Waals surface area contributed by atoms with E-state index in [0.29, 0.717) is 16.8 Å². The van der Waals surface area contributed by atoms with Crippen molar-refractivity contribution in [2.45, 2.75) is 13.0 Å². The third kappa shape index (κ3) is 3.38. The van der Waals surface area contributed by atoms with Crippen molar-refractivity contribution in [1.82, 2.24) is 10.2 Å². The van der Waals surface area contributed by atoms with Gasteiger partial charge in [0.1, 0.15) is 5.75 Å². The molecule has 0 saturated carbocycles. The van der Waals surface area contributed by atoms with Gasteiger partial charge in [0.05, 0.1) is 17.1 Å². The Bertz CT molecular complexity index is 619. The SMILES string of the molecule is COc1ccc(C(=O)O[C@H](C)C(=O)N2CCNC2=O)cc1Br. The zero-order valence-electron chi connectivity index (χ0n) is 12.1. The fourth-order valence-corrected chi connectivity index (χ4v) is 2.51. The van der Waals surface area contributed by atoms with Gasteiger partial charge in [-0.1, -0.05) is 0 Å². The number of benzene rings is 1. The molecule has 0 aliphatic carbocycles. The molecule has 0 radical (unpaired) electrons. The van der Waals surface area contributed by atoms with Crippen LogP contribution < -0.4 is 10.1 Å². The second-order valence-electron chi connectivity index (χ2n) is 4.62. The zero-order valence-corrected chi connectivity index (χ0v) is 13.7. The van der Waals surface area contributed by atoms with Crippen LogP contribution in [0.15, 0.2) is 22.7 Å². The molecular weight excluding hydrogens is 356 g/mol. The summed E-state index contributed by atoms with van der Waals surface area (Å²) < 4.78 is 10.8. The van der Waals surface area contributed by atoms with E-state index in [1.807, 2.05) is 0 Å². The summed E-state index contributed by atoms with van der Waals surface area (Å²) in [6.07, 6.45) is -1.04. The highest BCUT2D eigenvalue weighted by atomic mass is 79.9. The topological polar surface area (TPSA) is 84.9 Å². The lowest BCUT2D eigenvalue weighted by Gasteiger charge is -2.18. The monoisotopic (exact) mass is 370 g/mol. The highest BCUT2D eigenvalue weighted by molar-refractivity contribution is 9.10. The molecule has 1 saturated heterocycles. The van der Waals surface area contributed by atoms with Crippen molar-refractivity contribution in [1.29, 1.82) is 0 Å². The Morgan fingerprint density at radius 3 is 2.68 bits per heavy atom. The maximum absolute atomic E-state index is 12.1. The minimum atomic E-state index is -1.04. The molecule has 1 aliphatic rings. The van der Waals surface area contributed by atoms with E-state index in [9.17, 15) is 14.4 Å². The molecule has 1 aliphatic heterocycles. The highest BCUT2D eigenvalue weighted by Crippen LogP contribution is 2.26. The lowest BCUT2D eigenvalue weighted by Crippen LogP contribution is -2.41. The molecule has 1 aromatic carbocycles. The molecule has 1 aromatic rings. The molecule has 1 N–H and O–H groups in total. The molecule has 22 heavy (non-hydrogen) atoms. The minimum Gasteiger partial charge on any atom is -0.496 e. The normalized spacial score (nSPS) is 15.2. The number of rotatable bonds is 4. The molecule has 2 rings (SSSR count). The van der Waals surface area contributed by atoms with Gasteiger partial charge in [-0.3, -0.25) is 9.69 Å². The van der Waals surface area contributed by atoms with E-state index in [1.165, 1.54) is 20.1 Å². The Morgan fingerprint density at radius 2 is 2.14 bits per heavy atom. The summed E-state index contributed by atoms with van der Waals surface area (Å²) in [5.74, 6) is -0.617. The quantitative estimate of drug-likeness (QED) is 0.812. The van der Waals surface area contributed by atoms with Crippen LogP contribution in [0.3, 0.4) is 0 Å². The molecule has 0 bridgehead atoms. The maximum Gasteiger partial charge on any atom is 0.338 e. The maximum atomic E-state index is 12.1. The third-order valence-electron chi connectivity index (χ3n) is 3.14. The molecule has 0 aromatic heterocycles. The average Bonchev–Trinajstić information content (AvgIpc) is 2.92. The van der Waals surface area contributed by atoms with E-state index >= 15 is 0 Å². The Kier molecular flexibility index (Phi) is 5.02. The number of halogens is 1. The van der Waals surface area contributed by atoms with Gasteiger partial charge in [-0.15, -0.1) is 0 Å². The predicted molar refractivity (Wildman–Crippen MR) is 80.7 cm³/mol. The lowest BCUT2D eigenvalue weighted by molar-refractivity contribution is -0.136. The summed E-state index contributed by atoms with van der Waals surface area (Å²) >= 11 is 3.27. The molecule has 0 spiro atoms. The summed E-state index contributed by atoms with van der Waals surface area (Å²) in [5.41, 5.74) is 0.276. The summed E-state index contributed by atoms with van der Waals surface area (Å²) in [7, 11) is 1.51. The van der Waals surface area contributed by atoms with E-state index in [2.05, 4.69) is 21.2 Å². The van der Waals surface area contributed by atoms with Crippen LogP contribution in [-0.4, -0.2) is 49.1 Å². The number of imide groups is 1. The number of carbonyl (C=O) groups is 3. The van der Waals surface area contributed by atoms with Gasteiger partial charge in [-0.05, 0) is 41.1 Å². The van der Waals surface area contributed by atoms with Crippen LogP contribution in [-0.2, 0) is 9.53 Å². The van der Waals surface area contributed by atoms with Crippen LogP contribution in [0.1, 0.15) is 17.3 Å². The Labute approximate surface area is 135 Å². The first-order chi connectivity index (χ1) is 10.4. The second kappa shape index (κ2) is 6.78. The van der Waals surface area contributed by atoms with E-state index in [-0.39, 0.29) is 12.1 Å². The van der Waals surface area contributed by atoms with Gasteiger partial charge in [-0.25, -0.2) is 9.59 Å². The van der Waals surface area contributed by atoms with Gasteiger partial charge in [0.15, 0.2) is 6.10 Å². The first-order valence-corrected chi connectivity index (χ1v) is 7.37. The van der Waals surface area contributed by atoms with E-state index < -0.39 is 24.0 Å². The first kappa shape index (κ1) is 16.3. The highest BCUT2D eigenvalue weighted by Gasteiger charge is 2.31. The molecule has 1 atom stereocenters. The fourth-order valence-electron chi connectivity index (χ4n) is 1.97. The largest absolute Gasteiger partial charge is 0.496 e. The molecule has 118 valence electrons. The van der Waals surface area contributed by atoms with E-state index in [0.717, 1.165) is 4.90 Å². The van der Waals surface area contributed by atoms with Crippen LogP contribution in [0.4, 0.5) is 4.79 Å². The number of hydrogen-bond donors (Lipinski definition) is 1. The second-order valence-corrected chi connectivity index (χ2v) is 5.47. The number of carbonyl (C=O) groups excluding carboxylic acids is 3. The summed E-state index contributed by atoms with van der Waals surface area (Å²) in [6, 6.07) is 4.22. The minimum absolute atomic E-state index is 0.271. The molecule has 1 fully saturated rings. The van der Waals surface area contributed by atoms with Gasteiger partial charge in [0.25, 0.3) is 5.91 Å². The first-order valence-electron chi connectivity index (χ1n) is 6.57. The Hall–Kier alpha value is -2.09. The van der Waals surface area contributed by atoms with Crippen molar-refractivity contribution >= 4 is 33.8 Å². The van der Waals surface area contributed by atoms with Crippen LogP contribution in [0.5, 0.6) is 5.75 Å².